The smallest absolute Gasteiger partial charge is 0.133 e. The van der Waals surface area contributed by atoms with E-state index in [1.807, 2.05) is 12.1 Å². The molecule has 1 aromatic rings. The zero-order valence-corrected chi connectivity index (χ0v) is 10.2. The zero-order valence-electron chi connectivity index (χ0n) is 8.61. The van der Waals surface area contributed by atoms with Crippen LogP contribution in [0.15, 0.2) is 22.8 Å². The van der Waals surface area contributed by atoms with Crippen molar-refractivity contribution in [3.63, 3.8) is 0 Å². The molecule has 3 nitrogen and oxygen atoms in total. The van der Waals surface area contributed by atoms with E-state index < -0.39 is 0 Å². The Bertz CT molecular complexity index is 324. The van der Waals surface area contributed by atoms with Crippen LogP contribution < -0.4 is 0 Å². The predicted octanol–water partition coefficient (Wildman–Crippen LogP) is 1.97. The van der Waals surface area contributed by atoms with Crippen LogP contribution in [0, 0.1) is 5.92 Å². The Morgan fingerprint density at radius 1 is 1.60 bits per heavy atom. The molecule has 4 heteroatoms. The van der Waals surface area contributed by atoms with Gasteiger partial charge in [0.15, 0.2) is 0 Å². The van der Waals surface area contributed by atoms with Crippen molar-refractivity contribution in [2.75, 3.05) is 6.61 Å². The molecule has 0 aromatic carbocycles. The minimum absolute atomic E-state index is 0.0424. The van der Waals surface area contributed by atoms with Crippen molar-refractivity contribution in [2.24, 2.45) is 5.92 Å². The van der Waals surface area contributed by atoms with Gasteiger partial charge in [-0.25, -0.2) is 0 Å². The molecule has 1 aromatic heterocycles. The van der Waals surface area contributed by atoms with E-state index in [1.54, 1.807) is 13.1 Å². The third-order valence-electron chi connectivity index (χ3n) is 2.30. The van der Waals surface area contributed by atoms with Crippen LogP contribution in [0.4, 0.5) is 0 Å². The number of aliphatic hydroxyl groups excluding tert-OH is 1. The first-order chi connectivity index (χ1) is 7.13. The van der Waals surface area contributed by atoms with Crippen molar-refractivity contribution in [1.82, 2.24) is 4.98 Å². The molecule has 0 amide bonds. The molecule has 1 unspecified atom stereocenters. The van der Waals surface area contributed by atoms with Gasteiger partial charge in [-0.3, -0.25) is 9.78 Å². The average molecular weight is 272 g/mol. The summed E-state index contributed by atoms with van der Waals surface area (Å²) in [4.78, 5) is 15.5. The second-order valence-electron chi connectivity index (χ2n) is 3.49. The van der Waals surface area contributed by atoms with E-state index in [4.69, 9.17) is 5.11 Å². The Labute approximate surface area is 97.7 Å². The van der Waals surface area contributed by atoms with Gasteiger partial charge in [0.1, 0.15) is 5.78 Å². The Morgan fingerprint density at radius 2 is 2.33 bits per heavy atom. The van der Waals surface area contributed by atoms with Crippen molar-refractivity contribution in [1.29, 1.82) is 0 Å². The maximum atomic E-state index is 11.3. The molecule has 0 aliphatic rings. The molecular weight excluding hydrogens is 258 g/mol. The van der Waals surface area contributed by atoms with Crippen LogP contribution in [0.5, 0.6) is 0 Å². The summed E-state index contributed by atoms with van der Waals surface area (Å²) in [6, 6.07) is 3.79. The molecule has 1 heterocycles. The summed E-state index contributed by atoms with van der Waals surface area (Å²) < 4.78 is 0.924. The summed E-state index contributed by atoms with van der Waals surface area (Å²) in [5.74, 6) is -0.0163. The lowest BCUT2D eigenvalue weighted by Crippen LogP contribution is -2.16. The van der Waals surface area contributed by atoms with Gasteiger partial charge < -0.3 is 5.11 Å². The predicted molar refractivity (Wildman–Crippen MR) is 61.5 cm³/mol. The minimum Gasteiger partial charge on any atom is -0.396 e. The summed E-state index contributed by atoms with van der Waals surface area (Å²) in [5, 5.41) is 8.83. The van der Waals surface area contributed by atoms with Crippen LogP contribution in [-0.2, 0) is 11.2 Å². The molecule has 0 saturated carbocycles. The number of aromatic nitrogens is 1. The highest BCUT2D eigenvalue weighted by Crippen LogP contribution is 2.14. The highest BCUT2D eigenvalue weighted by molar-refractivity contribution is 9.10. The number of rotatable bonds is 5. The lowest BCUT2D eigenvalue weighted by atomic mass is 9.96. The monoisotopic (exact) mass is 271 g/mol. The summed E-state index contributed by atoms with van der Waals surface area (Å²) in [6.45, 7) is 1.60. The first-order valence-electron chi connectivity index (χ1n) is 4.85. The van der Waals surface area contributed by atoms with Crippen LogP contribution in [0.1, 0.15) is 19.0 Å². The van der Waals surface area contributed by atoms with Crippen LogP contribution in [-0.4, -0.2) is 22.5 Å². The fourth-order valence-electron chi connectivity index (χ4n) is 1.38. The van der Waals surface area contributed by atoms with E-state index in [9.17, 15) is 4.79 Å². The summed E-state index contributed by atoms with van der Waals surface area (Å²) in [6.07, 6.45) is 2.82. The number of pyridine rings is 1. The van der Waals surface area contributed by atoms with Gasteiger partial charge in [-0.15, -0.1) is 0 Å². The number of hydrogen-bond donors (Lipinski definition) is 1. The van der Waals surface area contributed by atoms with E-state index in [0.717, 1.165) is 10.2 Å². The van der Waals surface area contributed by atoms with Gasteiger partial charge in [0.2, 0.25) is 0 Å². The Balaban J connectivity index is 2.65. The van der Waals surface area contributed by atoms with Crippen molar-refractivity contribution in [2.45, 2.75) is 19.8 Å². The Morgan fingerprint density at radius 3 is 2.80 bits per heavy atom. The number of halogens is 1. The van der Waals surface area contributed by atoms with Crippen LogP contribution in [0.3, 0.4) is 0 Å². The topological polar surface area (TPSA) is 50.2 Å². The molecule has 0 aliphatic heterocycles. The molecular formula is C11H14BrNO2. The summed E-state index contributed by atoms with van der Waals surface area (Å²) >= 11 is 3.30. The number of aliphatic hydroxyl groups is 1. The third kappa shape index (κ3) is 4.10. The Kier molecular flexibility index (Phi) is 4.91. The van der Waals surface area contributed by atoms with Gasteiger partial charge in [-0.1, -0.05) is 0 Å². The van der Waals surface area contributed by atoms with Gasteiger partial charge >= 0.3 is 0 Å². The summed E-state index contributed by atoms with van der Waals surface area (Å²) in [7, 11) is 0. The quantitative estimate of drug-likeness (QED) is 0.891. The van der Waals surface area contributed by atoms with Gasteiger partial charge in [0.05, 0.1) is 0 Å². The van der Waals surface area contributed by atoms with Crippen LogP contribution in [0.25, 0.3) is 0 Å². The molecule has 82 valence electrons. The molecule has 0 aliphatic carbocycles. The average Bonchev–Trinajstić information content (AvgIpc) is 2.20. The first-order valence-corrected chi connectivity index (χ1v) is 5.64. The van der Waals surface area contributed by atoms with Gasteiger partial charge in [-0.2, -0.15) is 0 Å². The molecule has 1 atom stereocenters. The number of nitrogens with zero attached hydrogens (tertiary/aromatic N) is 1. The third-order valence-corrected chi connectivity index (χ3v) is 2.77. The van der Waals surface area contributed by atoms with E-state index in [2.05, 4.69) is 20.9 Å². The van der Waals surface area contributed by atoms with E-state index >= 15 is 0 Å². The molecule has 15 heavy (non-hydrogen) atoms. The molecule has 0 saturated heterocycles. The first kappa shape index (κ1) is 12.3. The van der Waals surface area contributed by atoms with E-state index in [1.165, 1.54) is 0 Å². The van der Waals surface area contributed by atoms with Crippen molar-refractivity contribution < 1.29 is 9.90 Å². The molecule has 0 bridgehead atoms. The second kappa shape index (κ2) is 5.98. The molecule has 0 radical (unpaired) electrons. The van der Waals surface area contributed by atoms with Crippen molar-refractivity contribution in [3.05, 3.63) is 28.5 Å². The molecule has 0 fully saturated rings. The van der Waals surface area contributed by atoms with Gasteiger partial charge in [-0.05, 0) is 47.8 Å². The SMILES string of the molecule is CC(=O)C(CCO)Cc1ccc(Br)cn1. The Hall–Kier alpha value is -0.740. The maximum Gasteiger partial charge on any atom is 0.133 e. The van der Waals surface area contributed by atoms with E-state index in [-0.39, 0.29) is 18.3 Å². The number of hydrogen-bond acceptors (Lipinski definition) is 3. The highest BCUT2D eigenvalue weighted by Gasteiger charge is 2.14. The van der Waals surface area contributed by atoms with Gasteiger partial charge in [0.25, 0.3) is 0 Å². The lowest BCUT2D eigenvalue weighted by molar-refractivity contribution is -0.121. The zero-order chi connectivity index (χ0) is 11.3. The largest absolute Gasteiger partial charge is 0.396 e. The fourth-order valence-corrected chi connectivity index (χ4v) is 1.62. The van der Waals surface area contributed by atoms with Gasteiger partial charge in [0, 0.05) is 28.9 Å². The van der Waals surface area contributed by atoms with E-state index in [0.29, 0.717) is 12.8 Å². The normalized spacial score (nSPS) is 12.5. The fraction of sp³-hybridized carbons (Fsp3) is 0.455. The minimum atomic E-state index is -0.122. The van der Waals surface area contributed by atoms with Crippen molar-refractivity contribution >= 4 is 21.7 Å². The number of Topliss-reactive ketones (excluding diaryl/α,β-unsaturated/α-hetero) is 1. The maximum absolute atomic E-state index is 11.3. The number of ketones is 1. The standard InChI is InChI=1S/C11H14BrNO2/c1-8(15)9(4-5-14)6-11-3-2-10(12)7-13-11/h2-3,7,9,14H,4-6H2,1H3. The molecule has 1 N–H and O–H groups in total. The van der Waals surface area contributed by atoms with Crippen LogP contribution >= 0.6 is 15.9 Å². The number of carbonyl (C=O) groups excluding carboxylic acids is 1. The highest BCUT2D eigenvalue weighted by atomic mass is 79.9. The van der Waals surface area contributed by atoms with Crippen molar-refractivity contribution in [3.8, 4) is 0 Å². The second-order valence-corrected chi connectivity index (χ2v) is 4.41. The lowest BCUT2D eigenvalue weighted by Gasteiger charge is -2.11. The van der Waals surface area contributed by atoms with Crippen LogP contribution in [0.2, 0.25) is 0 Å². The summed E-state index contributed by atoms with van der Waals surface area (Å²) in [5.41, 5.74) is 0.881. The molecule has 1 rings (SSSR count). The molecule has 0 spiro atoms. The number of carbonyl (C=O) groups is 1.